The molecule has 0 radical (unpaired) electrons. The van der Waals surface area contributed by atoms with Gasteiger partial charge in [0.1, 0.15) is 0 Å². The lowest BCUT2D eigenvalue weighted by Crippen LogP contribution is -2.14. The lowest BCUT2D eigenvalue weighted by Gasteiger charge is -2.15. The largest absolute Gasteiger partial charge is 0.493 e. The number of nitrogens with one attached hydrogen (secondary N) is 1. The lowest BCUT2D eigenvalue weighted by molar-refractivity contribution is -0.142. The predicted molar refractivity (Wildman–Crippen MR) is 85.8 cm³/mol. The van der Waals surface area contributed by atoms with Crippen LogP contribution in [0, 0.1) is 0 Å². The molecule has 0 bridgehead atoms. The molecule has 0 aliphatic heterocycles. The fourth-order valence-corrected chi connectivity index (χ4v) is 1.77. The molecule has 0 atom stereocenters. The van der Waals surface area contributed by atoms with Crippen LogP contribution in [0.25, 0.3) is 0 Å². The van der Waals surface area contributed by atoms with Crippen molar-refractivity contribution in [2.75, 3.05) is 20.8 Å². The van der Waals surface area contributed by atoms with Crippen molar-refractivity contribution >= 4 is 18.1 Å². The second-order valence-corrected chi connectivity index (χ2v) is 4.50. The summed E-state index contributed by atoms with van der Waals surface area (Å²) >= 11 is 0. The third-order valence-electron chi connectivity index (χ3n) is 2.74. The van der Waals surface area contributed by atoms with E-state index in [1.807, 2.05) is 6.07 Å². The Morgan fingerprint density at radius 1 is 1.35 bits per heavy atom. The molecule has 0 unspecified atom stereocenters. The van der Waals surface area contributed by atoms with Gasteiger partial charge >= 0.3 is 5.97 Å². The summed E-state index contributed by atoms with van der Waals surface area (Å²) < 4.78 is 15.4. The number of hydrazone groups is 1. The van der Waals surface area contributed by atoms with E-state index in [-0.39, 0.29) is 12.5 Å². The van der Waals surface area contributed by atoms with Crippen LogP contribution in [-0.2, 0) is 20.7 Å². The number of carbonyl (C=O) groups excluding carboxylic acids is 2. The third-order valence-corrected chi connectivity index (χ3v) is 2.74. The summed E-state index contributed by atoms with van der Waals surface area (Å²) in [4.78, 5) is 22.1. The number of carbonyl (C=O) groups is 2. The van der Waals surface area contributed by atoms with Crippen LogP contribution in [0.15, 0.2) is 29.9 Å². The zero-order chi connectivity index (χ0) is 17.2. The van der Waals surface area contributed by atoms with Crippen LogP contribution in [-0.4, -0.2) is 38.9 Å². The fourth-order valence-electron chi connectivity index (χ4n) is 1.77. The fraction of sp³-hybridized carbons (Fsp3) is 0.312. The van der Waals surface area contributed by atoms with Crippen LogP contribution in [0.3, 0.4) is 0 Å². The highest BCUT2D eigenvalue weighted by molar-refractivity contribution is 5.83. The van der Waals surface area contributed by atoms with E-state index >= 15 is 0 Å². The first-order valence-corrected chi connectivity index (χ1v) is 6.82. The van der Waals surface area contributed by atoms with Crippen molar-refractivity contribution < 1.29 is 23.8 Å². The molecule has 1 aromatic rings. The normalized spacial score (nSPS) is 10.2. The number of hydrogen-bond donors (Lipinski definition) is 1. The zero-order valence-electron chi connectivity index (χ0n) is 13.4. The molecule has 0 aliphatic rings. The number of esters is 1. The van der Waals surface area contributed by atoms with Crippen LogP contribution in [0.5, 0.6) is 11.5 Å². The van der Waals surface area contributed by atoms with Crippen LogP contribution < -0.4 is 14.9 Å². The highest BCUT2D eigenvalue weighted by Crippen LogP contribution is 2.33. The minimum Gasteiger partial charge on any atom is -0.493 e. The number of benzene rings is 1. The average Bonchev–Trinajstić information content (AvgIpc) is 2.52. The molecule has 1 rings (SSSR count). The number of ether oxygens (including phenoxy) is 3. The molecule has 0 saturated carbocycles. The van der Waals surface area contributed by atoms with E-state index in [2.05, 4.69) is 21.8 Å². The first-order valence-electron chi connectivity index (χ1n) is 6.82. The van der Waals surface area contributed by atoms with Gasteiger partial charge in [-0.3, -0.25) is 4.79 Å². The monoisotopic (exact) mass is 320 g/mol. The highest BCUT2D eigenvalue weighted by atomic mass is 16.6. The molecule has 0 aromatic heterocycles. The Bertz CT molecular complexity index is 611. The second kappa shape index (κ2) is 9.24. The first-order chi connectivity index (χ1) is 11.0. The van der Waals surface area contributed by atoms with Crippen LogP contribution >= 0.6 is 0 Å². The molecule has 23 heavy (non-hydrogen) atoms. The van der Waals surface area contributed by atoms with E-state index in [0.29, 0.717) is 23.5 Å². The Labute approximate surface area is 134 Å². The molecule has 1 amide bonds. The molecule has 0 aliphatic carbocycles. The van der Waals surface area contributed by atoms with Gasteiger partial charge < -0.3 is 14.2 Å². The minimum atomic E-state index is -0.493. The van der Waals surface area contributed by atoms with Gasteiger partial charge in [-0.05, 0) is 24.1 Å². The summed E-state index contributed by atoms with van der Waals surface area (Å²) in [5.74, 6) is 0.123. The number of rotatable bonds is 8. The lowest BCUT2D eigenvalue weighted by atomic mass is 10.1. The SMILES string of the molecule is C=CCc1cc(/C=N\NC(C)=O)cc(OC)c1OCC(=O)OC. The van der Waals surface area contributed by atoms with E-state index in [4.69, 9.17) is 9.47 Å². The Morgan fingerprint density at radius 2 is 2.09 bits per heavy atom. The van der Waals surface area contributed by atoms with Crippen molar-refractivity contribution in [2.45, 2.75) is 13.3 Å². The summed E-state index contributed by atoms with van der Waals surface area (Å²) in [7, 11) is 2.78. The Hall–Kier alpha value is -2.83. The van der Waals surface area contributed by atoms with Crippen molar-refractivity contribution in [3.05, 3.63) is 35.9 Å². The molecule has 0 heterocycles. The van der Waals surface area contributed by atoms with E-state index in [0.717, 1.165) is 5.56 Å². The summed E-state index contributed by atoms with van der Waals surface area (Å²) in [5.41, 5.74) is 3.80. The number of hydrogen-bond acceptors (Lipinski definition) is 6. The summed E-state index contributed by atoms with van der Waals surface area (Å²) in [6, 6.07) is 3.49. The summed E-state index contributed by atoms with van der Waals surface area (Å²) in [6.45, 7) is 4.84. The van der Waals surface area contributed by atoms with Crippen LogP contribution in [0.4, 0.5) is 0 Å². The van der Waals surface area contributed by atoms with Gasteiger partial charge in [-0.2, -0.15) is 5.10 Å². The molecule has 0 fully saturated rings. The maximum absolute atomic E-state index is 11.3. The number of allylic oxidation sites excluding steroid dienone is 1. The second-order valence-electron chi connectivity index (χ2n) is 4.50. The van der Waals surface area contributed by atoms with Gasteiger partial charge in [-0.25, -0.2) is 10.2 Å². The maximum Gasteiger partial charge on any atom is 0.343 e. The highest BCUT2D eigenvalue weighted by Gasteiger charge is 2.14. The third kappa shape index (κ3) is 5.82. The van der Waals surface area contributed by atoms with Gasteiger partial charge in [0.25, 0.3) is 0 Å². The molecule has 7 nitrogen and oxygen atoms in total. The van der Waals surface area contributed by atoms with Gasteiger partial charge in [-0.1, -0.05) is 6.08 Å². The average molecular weight is 320 g/mol. The smallest absolute Gasteiger partial charge is 0.343 e. The van der Waals surface area contributed by atoms with E-state index in [9.17, 15) is 9.59 Å². The standard InChI is InChI=1S/C16H20N2O5/c1-5-6-13-7-12(9-17-18-11(2)19)8-14(21-3)16(13)23-10-15(20)22-4/h5,7-9H,1,6,10H2,2-4H3,(H,18,19)/b17-9-. The van der Waals surface area contributed by atoms with E-state index in [1.54, 1.807) is 12.1 Å². The summed E-state index contributed by atoms with van der Waals surface area (Å²) in [5, 5.41) is 3.81. The molecule has 1 N–H and O–H groups in total. The Kier molecular flexibility index (Phi) is 7.32. The van der Waals surface area contributed by atoms with Crippen molar-refractivity contribution in [3.8, 4) is 11.5 Å². The molecule has 1 aromatic carbocycles. The van der Waals surface area contributed by atoms with Crippen LogP contribution in [0.2, 0.25) is 0 Å². The molecule has 0 spiro atoms. The van der Waals surface area contributed by atoms with Crippen molar-refractivity contribution in [1.29, 1.82) is 0 Å². The number of amides is 1. The van der Waals surface area contributed by atoms with Gasteiger partial charge in [0.15, 0.2) is 18.1 Å². The molecular weight excluding hydrogens is 300 g/mol. The van der Waals surface area contributed by atoms with E-state index < -0.39 is 5.97 Å². The van der Waals surface area contributed by atoms with Crippen molar-refractivity contribution in [2.24, 2.45) is 5.10 Å². The van der Waals surface area contributed by atoms with Gasteiger partial charge in [0, 0.05) is 12.5 Å². The Morgan fingerprint density at radius 3 is 2.65 bits per heavy atom. The molecule has 7 heteroatoms. The maximum atomic E-state index is 11.3. The molecule has 124 valence electrons. The first kappa shape index (κ1) is 18.2. The topological polar surface area (TPSA) is 86.2 Å². The van der Waals surface area contributed by atoms with Crippen molar-refractivity contribution in [1.82, 2.24) is 5.43 Å². The summed E-state index contributed by atoms with van der Waals surface area (Å²) in [6.07, 6.45) is 3.70. The van der Waals surface area contributed by atoms with Gasteiger partial charge in [0.2, 0.25) is 5.91 Å². The zero-order valence-corrected chi connectivity index (χ0v) is 13.4. The minimum absolute atomic E-state index is 0.226. The predicted octanol–water partition coefficient (Wildman–Crippen LogP) is 1.45. The van der Waals surface area contributed by atoms with Crippen molar-refractivity contribution in [3.63, 3.8) is 0 Å². The number of nitrogens with zero attached hydrogens (tertiary/aromatic N) is 1. The van der Waals surface area contributed by atoms with Gasteiger partial charge in [0.05, 0.1) is 20.4 Å². The molecule has 0 saturated heterocycles. The van der Waals surface area contributed by atoms with E-state index in [1.165, 1.54) is 27.4 Å². The molecular formula is C16H20N2O5. The quantitative estimate of drug-likeness (QED) is 0.339. The Balaban J connectivity index is 3.12. The number of methoxy groups -OCH3 is 2. The van der Waals surface area contributed by atoms with Gasteiger partial charge in [-0.15, -0.1) is 6.58 Å². The van der Waals surface area contributed by atoms with Crippen LogP contribution in [0.1, 0.15) is 18.1 Å².